The summed E-state index contributed by atoms with van der Waals surface area (Å²) in [7, 11) is 0. The molecule has 0 bridgehead atoms. The van der Waals surface area contributed by atoms with Gasteiger partial charge in [0.1, 0.15) is 43.0 Å². The zero-order valence-electron chi connectivity index (χ0n) is 27.5. The molecule has 18 heteroatoms. The number of rotatable bonds is 21. The van der Waals surface area contributed by atoms with Gasteiger partial charge in [0.2, 0.25) is 23.6 Å². The Morgan fingerprint density at radius 3 is 2.23 bits per heavy atom. The lowest BCUT2D eigenvalue weighted by atomic mass is 9.96. The summed E-state index contributed by atoms with van der Waals surface area (Å²) in [6.07, 6.45) is -5.61. The number of carbonyl (C=O) groups is 6. The minimum absolute atomic E-state index is 0.123. The number of aliphatic hydroxyl groups excluding tert-OH is 2. The molecular formula is C29H52N6O12. The minimum atomic E-state index is -1.68. The number of nitrogens with two attached hydrogens (primary N) is 3. The molecule has 18 nitrogen and oxygen atoms in total. The van der Waals surface area contributed by atoms with Crippen molar-refractivity contribution in [1.29, 1.82) is 0 Å². The molecule has 1 heterocycles. The molecule has 9 atom stereocenters. The molecule has 270 valence electrons. The number of hydrogen-bond acceptors (Lipinski definition) is 13. The maximum Gasteiger partial charge on any atom is 0.326 e. The van der Waals surface area contributed by atoms with E-state index in [-0.39, 0.29) is 32.2 Å². The van der Waals surface area contributed by atoms with Gasteiger partial charge in [0, 0.05) is 26.3 Å². The number of hydrogen-bond donors (Lipinski definition) is 8. The molecule has 1 saturated heterocycles. The SMILES string of the molecule is CCCC(=O)OC[C@H]1O[C@H](O)[C@H](NC(C)=O)[C@@H](OC(C)CN(C(=O)[C@H](C)N)[C@H](CCC(=O)N[C@@H](CCCCN)C(=O)O)C(N)=O)[C@@H]1O. The second-order valence-electron chi connectivity index (χ2n) is 11.6. The predicted molar refractivity (Wildman–Crippen MR) is 165 cm³/mol. The van der Waals surface area contributed by atoms with Gasteiger partial charge < -0.3 is 62.3 Å². The summed E-state index contributed by atoms with van der Waals surface area (Å²) in [5.74, 6) is -4.74. The fourth-order valence-corrected chi connectivity index (χ4v) is 5.03. The van der Waals surface area contributed by atoms with Crippen LogP contribution in [0.3, 0.4) is 0 Å². The molecule has 11 N–H and O–H groups in total. The number of aliphatic hydroxyl groups is 2. The van der Waals surface area contributed by atoms with E-state index in [4.69, 9.17) is 31.4 Å². The van der Waals surface area contributed by atoms with Gasteiger partial charge in [0.25, 0.3) is 0 Å². The fourth-order valence-electron chi connectivity index (χ4n) is 5.03. The summed E-state index contributed by atoms with van der Waals surface area (Å²) in [4.78, 5) is 74.8. The van der Waals surface area contributed by atoms with Crippen molar-refractivity contribution in [3.05, 3.63) is 0 Å². The number of primary amides is 1. The Labute approximate surface area is 274 Å². The molecule has 1 fully saturated rings. The number of carbonyl (C=O) groups excluding carboxylic acids is 5. The van der Waals surface area contributed by atoms with Gasteiger partial charge in [-0.15, -0.1) is 0 Å². The van der Waals surface area contributed by atoms with Crippen LogP contribution in [0.15, 0.2) is 0 Å². The summed E-state index contributed by atoms with van der Waals surface area (Å²) >= 11 is 0. The van der Waals surface area contributed by atoms with Crippen LogP contribution in [0.5, 0.6) is 0 Å². The quantitative estimate of drug-likeness (QED) is 0.0450. The number of nitrogens with one attached hydrogen (secondary N) is 2. The summed E-state index contributed by atoms with van der Waals surface area (Å²) < 4.78 is 16.6. The zero-order valence-corrected chi connectivity index (χ0v) is 27.5. The molecule has 0 aliphatic carbocycles. The first-order chi connectivity index (χ1) is 22.0. The lowest BCUT2D eigenvalue weighted by molar-refractivity contribution is -0.269. The Balaban J connectivity index is 3.16. The van der Waals surface area contributed by atoms with Crippen molar-refractivity contribution in [1.82, 2.24) is 15.5 Å². The molecule has 1 aliphatic rings. The van der Waals surface area contributed by atoms with Crippen molar-refractivity contribution >= 4 is 35.6 Å². The van der Waals surface area contributed by atoms with E-state index in [0.29, 0.717) is 25.8 Å². The molecule has 4 amide bonds. The van der Waals surface area contributed by atoms with Gasteiger partial charge in [-0.2, -0.15) is 0 Å². The standard InChI is InChI=1S/C29H52N6O12/c1-5-8-22(38)45-14-20-24(39)25(23(29(44)47-20)33-17(4)36)46-15(2)13-35(27(41)16(3)31)19(26(32)40)10-11-21(37)34-18(28(42)43)9-6-7-12-30/h15-16,18-20,23-25,29,39,44H,5-14,30-31H2,1-4H3,(H2,32,40)(H,33,36)(H,34,37)(H,42,43)/t15?,16-,18-,19+,20+,23+,24+,25+,29-/m0/s1. The maximum absolute atomic E-state index is 13.2. The van der Waals surface area contributed by atoms with Crippen LogP contribution in [0.1, 0.15) is 72.6 Å². The number of ether oxygens (including phenoxy) is 3. The highest BCUT2D eigenvalue weighted by molar-refractivity contribution is 5.89. The third kappa shape index (κ3) is 14.1. The smallest absolute Gasteiger partial charge is 0.326 e. The maximum atomic E-state index is 13.2. The van der Waals surface area contributed by atoms with E-state index in [1.54, 1.807) is 6.92 Å². The second kappa shape index (κ2) is 20.7. The van der Waals surface area contributed by atoms with Gasteiger partial charge in [-0.3, -0.25) is 24.0 Å². The van der Waals surface area contributed by atoms with E-state index in [1.807, 2.05) is 0 Å². The van der Waals surface area contributed by atoms with E-state index in [2.05, 4.69) is 10.6 Å². The van der Waals surface area contributed by atoms with Crippen molar-refractivity contribution in [3.63, 3.8) is 0 Å². The number of aliphatic carboxylic acids is 1. The van der Waals surface area contributed by atoms with E-state index in [1.165, 1.54) is 20.8 Å². The van der Waals surface area contributed by atoms with Crippen molar-refractivity contribution in [2.75, 3.05) is 19.7 Å². The van der Waals surface area contributed by atoms with E-state index < -0.39 is 97.0 Å². The summed E-state index contributed by atoms with van der Waals surface area (Å²) in [6, 6.07) is -4.93. The predicted octanol–water partition coefficient (Wildman–Crippen LogP) is -2.81. The van der Waals surface area contributed by atoms with Crippen LogP contribution in [0, 0.1) is 0 Å². The number of esters is 1. The summed E-state index contributed by atoms with van der Waals surface area (Å²) in [5, 5.41) is 36.1. The van der Waals surface area contributed by atoms with Crippen LogP contribution in [-0.2, 0) is 43.0 Å². The van der Waals surface area contributed by atoms with Crippen molar-refractivity contribution in [2.45, 2.75) is 128 Å². The monoisotopic (exact) mass is 676 g/mol. The highest BCUT2D eigenvalue weighted by Crippen LogP contribution is 2.25. The van der Waals surface area contributed by atoms with Gasteiger partial charge in [-0.1, -0.05) is 6.92 Å². The van der Waals surface area contributed by atoms with Gasteiger partial charge >= 0.3 is 11.9 Å². The van der Waals surface area contributed by atoms with E-state index in [9.17, 15) is 44.1 Å². The van der Waals surface area contributed by atoms with Gasteiger partial charge in [-0.05, 0) is 52.5 Å². The lowest BCUT2D eigenvalue weighted by Crippen LogP contribution is -2.65. The molecule has 0 aromatic carbocycles. The molecule has 0 spiro atoms. The minimum Gasteiger partial charge on any atom is -0.480 e. The molecule has 1 rings (SSSR count). The summed E-state index contributed by atoms with van der Waals surface area (Å²) in [6.45, 7) is 5.42. The average molecular weight is 677 g/mol. The highest BCUT2D eigenvalue weighted by Gasteiger charge is 2.47. The molecule has 1 unspecified atom stereocenters. The number of carboxylic acid groups (broad SMARTS) is 1. The Bertz CT molecular complexity index is 1060. The number of unbranched alkanes of at least 4 members (excludes halogenated alkanes) is 1. The number of amides is 4. The Hall–Kier alpha value is -3.42. The highest BCUT2D eigenvalue weighted by atomic mass is 16.6. The second-order valence-corrected chi connectivity index (χ2v) is 11.6. The Morgan fingerprint density at radius 2 is 1.70 bits per heavy atom. The Kier molecular flexibility index (Phi) is 18.4. The molecule has 0 aromatic rings. The topological polar surface area (TPSA) is 296 Å². The van der Waals surface area contributed by atoms with Crippen LogP contribution < -0.4 is 27.8 Å². The summed E-state index contributed by atoms with van der Waals surface area (Å²) in [5.41, 5.74) is 16.9. The zero-order chi connectivity index (χ0) is 35.8. The van der Waals surface area contributed by atoms with Crippen molar-refractivity contribution < 1.29 is 58.3 Å². The van der Waals surface area contributed by atoms with Gasteiger partial charge in [0.05, 0.1) is 12.1 Å². The third-order valence-electron chi connectivity index (χ3n) is 7.37. The molecule has 1 aliphatic heterocycles. The van der Waals surface area contributed by atoms with E-state index in [0.717, 1.165) is 4.90 Å². The molecular weight excluding hydrogens is 624 g/mol. The van der Waals surface area contributed by atoms with Crippen LogP contribution in [-0.4, -0.2) is 130 Å². The lowest BCUT2D eigenvalue weighted by Gasteiger charge is -2.44. The molecule has 0 aromatic heterocycles. The Morgan fingerprint density at radius 1 is 1.04 bits per heavy atom. The first-order valence-corrected chi connectivity index (χ1v) is 15.7. The first kappa shape index (κ1) is 41.6. The average Bonchev–Trinajstić information content (AvgIpc) is 2.98. The largest absolute Gasteiger partial charge is 0.480 e. The first-order valence-electron chi connectivity index (χ1n) is 15.7. The van der Waals surface area contributed by atoms with Crippen LogP contribution in [0.2, 0.25) is 0 Å². The normalized spacial score (nSPS) is 23.4. The van der Waals surface area contributed by atoms with Crippen LogP contribution in [0.4, 0.5) is 0 Å². The van der Waals surface area contributed by atoms with Gasteiger partial charge in [0.15, 0.2) is 6.29 Å². The number of carboxylic acids is 1. The van der Waals surface area contributed by atoms with Crippen molar-refractivity contribution in [3.8, 4) is 0 Å². The molecule has 0 radical (unpaired) electrons. The molecule has 0 saturated carbocycles. The van der Waals surface area contributed by atoms with Crippen LogP contribution in [0.25, 0.3) is 0 Å². The number of nitrogens with zero attached hydrogens (tertiary/aromatic N) is 1. The third-order valence-corrected chi connectivity index (χ3v) is 7.37. The van der Waals surface area contributed by atoms with Crippen LogP contribution >= 0.6 is 0 Å². The molecule has 47 heavy (non-hydrogen) atoms. The van der Waals surface area contributed by atoms with Gasteiger partial charge in [-0.25, -0.2) is 4.79 Å². The van der Waals surface area contributed by atoms with E-state index >= 15 is 0 Å². The fraction of sp³-hybridized carbons (Fsp3) is 0.793. The van der Waals surface area contributed by atoms with Crippen molar-refractivity contribution in [2.24, 2.45) is 17.2 Å².